The average Bonchev–Trinajstić information content (AvgIpc) is 3.44. The topological polar surface area (TPSA) is 110 Å². The lowest BCUT2D eigenvalue weighted by Gasteiger charge is -2.35. The highest BCUT2D eigenvalue weighted by Gasteiger charge is 2.29. The van der Waals surface area contributed by atoms with Crippen molar-refractivity contribution in [1.29, 1.82) is 0 Å². The van der Waals surface area contributed by atoms with Gasteiger partial charge in [0.25, 0.3) is 0 Å². The van der Waals surface area contributed by atoms with Gasteiger partial charge in [0.1, 0.15) is 12.0 Å². The number of hydrogen-bond donors (Lipinski definition) is 1. The first-order chi connectivity index (χ1) is 14.6. The molecule has 1 aromatic heterocycles. The lowest BCUT2D eigenvalue weighted by atomic mass is 10.2. The molecular weight excluding hydrogens is 537 g/mol. The minimum atomic E-state index is -3.40. The lowest BCUT2D eigenvalue weighted by Crippen LogP contribution is -2.53. The van der Waals surface area contributed by atoms with Gasteiger partial charge < -0.3 is 24.2 Å². The predicted molar refractivity (Wildman–Crippen MR) is 128 cm³/mol. The van der Waals surface area contributed by atoms with E-state index in [1.165, 1.54) is 10.6 Å². The summed E-state index contributed by atoms with van der Waals surface area (Å²) in [6.07, 6.45) is 4.69. The Hall–Kier alpha value is -0.960. The maximum Gasteiger partial charge on any atom is 0.220 e. The van der Waals surface area contributed by atoms with Crippen LogP contribution in [0.15, 0.2) is 21.8 Å². The van der Waals surface area contributed by atoms with E-state index in [4.69, 9.17) is 14.0 Å². The summed E-state index contributed by atoms with van der Waals surface area (Å²) in [5, 5.41) is 7.01. The van der Waals surface area contributed by atoms with Gasteiger partial charge in [0, 0.05) is 58.5 Å². The van der Waals surface area contributed by atoms with Crippen molar-refractivity contribution in [3.05, 3.63) is 18.0 Å². The van der Waals surface area contributed by atoms with Crippen molar-refractivity contribution >= 4 is 40.0 Å². The molecule has 2 aliphatic heterocycles. The summed E-state index contributed by atoms with van der Waals surface area (Å²) in [5.74, 6) is 0.689. The zero-order valence-electron chi connectivity index (χ0n) is 18.1. The third-order valence-electron chi connectivity index (χ3n) is 5.12. The van der Waals surface area contributed by atoms with E-state index in [1.54, 1.807) is 6.07 Å². The number of ether oxygens (including phenoxy) is 2. The molecule has 1 atom stereocenters. The molecule has 0 aromatic carbocycles. The number of aromatic nitrogens is 1. The molecule has 2 fully saturated rings. The Morgan fingerprint density at radius 1 is 1.35 bits per heavy atom. The average molecular weight is 571 g/mol. The molecule has 0 radical (unpaired) electrons. The first kappa shape index (κ1) is 26.3. The van der Waals surface area contributed by atoms with Crippen molar-refractivity contribution in [2.45, 2.75) is 38.0 Å². The van der Waals surface area contributed by atoms with Crippen LogP contribution in [0.4, 0.5) is 0 Å². The number of nitrogens with zero attached hydrogens (tertiary/aromatic N) is 4. The van der Waals surface area contributed by atoms with Crippen LogP contribution in [0.2, 0.25) is 0 Å². The molecule has 178 valence electrons. The molecule has 2 aliphatic rings. The summed E-state index contributed by atoms with van der Waals surface area (Å²) in [7, 11) is -3.40. The van der Waals surface area contributed by atoms with Gasteiger partial charge in [-0.3, -0.25) is 4.99 Å². The van der Waals surface area contributed by atoms with E-state index in [0.29, 0.717) is 51.6 Å². The number of nitrogens with one attached hydrogen (secondary N) is 1. The van der Waals surface area contributed by atoms with Gasteiger partial charge in [0.2, 0.25) is 10.0 Å². The Morgan fingerprint density at radius 3 is 2.81 bits per heavy atom. The van der Waals surface area contributed by atoms with E-state index in [0.717, 1.165) is 38.4 Å². The number of guanidine groups is 1. The molecule has 31 heavy (non-hydrogen) atoms. The van der Waals surface area contributed by atoms with Crippen LogP contribution in [-0.2, 0) is 25.2 Å². The minimum Gasteiger partial charge on any atom is -0.379 e. The molecule has 0 aliphatic carbocycles. The van der Waals surface area contributed by atoms with E-state index in [1.807, 2.05) is 6.92 Å². The third-order valence-corrected chi connectivity index (χ3v) is 6.94. The first-order valence-corrected chi connectivity index (χ1v) is 12.3. The fraction of sp³-hybridized carbons (Fsp3) is 0.789. The molecule has 10 nitrogen and oxygen atoms in total. The van der Waals surface area contributed by atoms with Crippen molar-refractivity contribution in [2.75, 3.05) is 59.1 Å². The van der Waals surface area contributed by atoms with E-state index < -0.39 is 10.0 Å². The van der Waals surface area contributed by atoms with Gasteiger partial charge >= 0.3 is 0 Å². The van der Waals surface area contributed by atoms with Crippen molar-refractivity contribution in [3.63, 3.8) is 0 Å². The Bertz CT molecular complexity index is 748. The highest BCUT2D eigenvalue weighted by molar-refractivity contribution is 14.0. The smallest absolute Gasteiger partial charge is 0.220 e. The molecule has 12 heteroatoms. The highest BCUT2D eigenvalue weighted by Crippen LogP contribution is 2.13. The van der Waals surface area contributed by atoms with E-state index >= 15 is 0 Å². The SMILES string of the molecule is CCNC(=NCCCOCC1CCCO1)N1CCN(S(=O)(=O)Cc2ccon2)CC1.I. The van der Waals surface area contributed by atoms with Crippen LogP contribution < -0.4 is 5.32 Å². The van der Waals surface area contributed by atoms with Crippen LogP contribution in [0.3, 0.4) is 0 Å². The lowest BCUT2D eigenvalue weighted by molar-refractivity contribution is 0.0170. The number of sulfonamides is 1. The van der Waals surface area contributed by atoms with E-state index in [2.05, 4.69) is 20.4 Å². The second-order valence-corrected chi connectivity index (χ2v) is 9.40. The number of hydrogen-bond acceptors (Lipinski definition) is 7. The van der Waals surface area contributed by atoms with Crippen molar-refractivity contribution < 1.29 is 22.4 Å². The maximum atomic E-state index is 12.6. The fourth-order valence-corrected chi connectivity index (χ4v) is 4.96. The minimum absolute atomic E-state index is 0. The molecule has 1 N–H and O–H groups in total. The summed E-state index contributed by atoms with van der Waals surface area (Å²) in [5.41, 5.74) is 0.425. The van der Waals surface area contributed by atoms with Gasteiger partial charge in [-0.2, -0.15) is 4.31 Å². The van der Waals surface area contributed by atoms with Gasteiger partial charge in [-0.25, -0.2) is 8.42 Å². The molecule has 3 rings (SSSR count). The second kappa shape index (κ2) is 13.6. The summed E-state index contributed by atoms with van der Waals surface area (Å²) < 4.78 is 42.6. The van der Waals surface area contributed by atoms with Gasteiger partial charge in [-0.15, -0.1) is 24.0 Å². The van der Waals surface area contributed by atoms with E-state index in [9.17, 15) is 8.42 Å². The summed E-state index contributed by atoms with van der Waals surface area (Å²) in [6, 6.07) is 1.58. The van der Waals surface area contributed by atoms with Crippen LogP contribution in [0.1, 0.15) is 31.9 Å². The number of halogens is 1. The number of aliphatic imine (C=N–C) groups is 1. The molecule has 1 unspecified atom stereocenters. The zero-order chi connectivity index (χ0) is 21.2. The van der Waals surface area contributed by atoms with Crippen molar-refractivity contribution in [3.8, 4) is 0 Å². The molecular formula is C19H34IN5O5S. The van der Waals surface area contributed by atoms with Crippen LogP contribution in [0, 0.1) is 0 Å². The third kappa shape index (κ3) is 8.48. The van der Waals surface area contributed by atoms with Crippen LogP contribution >= 0.6 is 24.0 Å². The molecule has 0 amide bonds. The molecule has 0 bridgehead atoms. The van der Waals surface area contributed by atoms with Gasteiger partial charge in [-0.1, -0.05) is 5.16 Å². The van der Waals surface area contributed by atoms with Crippen LogP contribution in [-0.4, -0.2) is 93.9 Å². The molecule has 1 aromatic rings. The Labute approximate surface area is 201 Å². The van der Waals surface area contributed by atoms with Crippen molar-refractivity contribution in [1.82, 2.24) is 19.7 Å². The quantitative estimate of drug-likeness (QED) is 0.194. The monoisotopic (exact) mass is 571 g/mol. The molecule has 0 spiro atoms. The highest BCUT2D eigenvalue weighted by atomic mass is 127. The van der Waals surface area contributed by atoms with Crippen LogP contribution in [0.25, 0.3) is 0 Å². The number of piperazine rings is 1. The van der Waals surface area contributed by atoms with Gasteiger partial charge in [0.15, 0.2) is 5.96 Å². The van der Waals surface area contributed by atoms with Gasteiger partial charge in [0.05, 0.1) is 18.4 Å². The largest absolute Gasteiger partial charge is 0.379 e. The Kier molecular flexibility index (Phi) is 11.5. The normalized spacial score (nSPS) is 20.6. The van der Waals surface area contributed by atoms with E-state index in [-0.39, 0.29) is 35.8 Å². The standard InChI is InChI=1S/C19H33N5O5S.HI/c1-2-20-19(21-7-4-12-27-15-18-5-3-13-28-18)23-8-10-24(11-9-23)30(25,26)16-17-6-14-29-22-17;/h6,14,18H,2-5,7-13,15-16H2,1H3,(H,20,21);1H. The fourth-order valence-electron chi connectivity index (χ4n) is 3.54. The first-order valence-electron chi connectivity index (χ1n) is 10.7. The summed E-state index contributed by atoms with van der Waals surface area (Å²) in [4.78, 5) is 6.79. The molecule has 3 heterocycles. The van der Waals surface area contributed by atoms with Crippen molar-refractivity contribution in [2.24, 2.45) is 4.99 Å². The van der Waals surface area contributed by atoms with Crippen LogP contribution in [0.5, 0.6) is 0 Å². The number of rotatable bonds is 10. The Balaban J connectivity index is 0.00000341. The summed E-state index contributed by atoms with van der Waals surface area (Å²) in [6.45, 7) is 7.67. The van der Waals surface area contributed by atoms with Gasteiger partial charge in [-0.05, 0) is 26.2 Å². The summed E-state index contributed by atoms with van der Waals surface area (Å²) >= 11 is 0. The zero-order valence-corrected chi connectivity index (χ0v) is 21.2. The predicted octanol–water partition coefficient (Wildman–Crippen LogP) is 1.29. The Morgan fingerprint density at radius 2 is 2.16 bits per heavy atom. The molecule has 0 saturated carbocycles. The second-order valence-electron chi connectivity index (χ2n) is 7.43. The molecule has 2 saturated heterocycles. The maximum absolute atomic E-state index is 12.6.